The van der Waals surface area contributed by atoms with Gasteiger partial charge in [-0.15, -0.1) is 0 Å². The lowest BCUT2D eigenvalue weighted by Crippen LogP contribution is -2.36. The molecule has 1 heterocycles. The van der Waals surface area contributed by atoms with E-state index in [0.717, 1.165) is 36.0 Å². The Labute approximate surface area is 128 Å². The Kier molecular flexibility index (Phi) is 5.57. The maximum Gasteiger partial charge on any atom is 0.337 e. The van der Waals surface area contributed by atoms with Crippen LogP contribution in [0.1, 0.15) is 35.7 Å². The molecule has 1 aliphatic rings. The number of halogens is 1. The van der Waals surface area contributed by atoms with Gasteiger partial charge in [-0.3, -0.25) is 0 Å². The third-order valence-corrected chi connectivity index (χ3v) is 4.35. The fraction of sp³-hybridized carbons (Fsp3) is 0.533. The normalized spacial score (nSPS) is 19.9. The highest BCUT2D eigenvalue weighted by Crippen LogP contribution is 2.20. The molecule has 1 fully saturated rings. The number of carbonyl (C=O) groups is 1. The van der Waals surface area contributed by atoms with E-state index >= 15 is 0 Å². The molecule has 0 radical (unpaired) electrons. The second-order valence-corrected chi connectivity index (χ2v) is 5.87. The van der Waals surface area contributed by atoms with Gasteiger partial charge < -0.3 is 14.8 Å². The van der Waals surface area contributed by atoms with Gasteiger partial charge in [-0.2, -0.15) is 0 Å². The molecule has 2 atom stereocenters. The zero-order valence-corrected chi connectivity index (χ0v) is 13.4. The van der Waals surface area contributed by atoms with E-state index in [9.17, 15) is 4.79 Å². The lowest BCUT2D eigenvalue weighted by atomic mass is 10.1. The molecule has 4 nitrogen and oxygen atoms in total. The second-order valence-electron chi connectivity index (χ2n) is 5.02. The van der Waals surface area contributed by atoms with E-state index in [1.165, 1.54) is 7.11 Å². The van der Waals surface area contributed by atoms with E-state index in [0.29, 0.717) is 17.7 Å². The van der Waals surface area contributed by atoms with Crippen LogP contribution in [0.5, 0.6) is 0 Å². The molecule has 1 aromatic carbocycles. The summed E-state index contributed by atoms with van der Waals surface area (Å²) in [6.07, 6.45) is 2.58. The average molecular weight is 342 g/mol. The van der Waals surface area contributed by atoms with Crippen LogP contribution in [0.3, 0.4) is 0 Å². The Morgan fingerprint density at radius 3 is 3.00 bits per heavy atom. The molecule has 1 aromatic rings. The molecule has 1 aliphatic heterocycles. The second kappa shape index (κ2) is 7.20. The highest BCUT2D eigenvalue weighted by atomic mass is 79.9. The van der Waals surface area contributed by atoms with Crippen LogP contribution in [0.25, 0.3) is 0 Å². The Bertz CT molecular complexity index is 472. The molecule has 0 aromatic heterocycles. The van der Waals surface area contributed by atoms with Crippen molar-refractivity contribution in [1.29, 1.82) is 0 Å². The molecular formula is C15H20BrNO3. The highest BCUT2D eigenvalue weighted by molar-refractivity contribution is 9.10. The fourth-order valence-corrected chi connectivity index (χ4v) is 2.85. The number of carbonyl (C=O) groups excluding carboxylic acids is 1. The predicted molar refractivity (Wildman–Crippen MR) is 80.8 cm³/mol. The highest BCUT2D eigenvalue weighted by Gasteiger charge is 2.21. The average Bonchev–Trinajstić information content (AvgIpc) is 2.99. The summed E-state index contributed by atoms with van der Waals surface area (Å²) in [5.74, 6) is -0.321. The standard InChI is InChI=1S/C15H20BrNO3/c1-10(14-4-3-7-20-14)17-9-12-6-5-11(8-13(12)16)15(18)19-2/h5-6,8,10,14,17H,3-4,7,9H2,1-2H3. The lowest BCUT2D eigenvalue weighted by molar-refractivity contribution is 0.0600. The van der Waals surface area contributed by atoms with Gasteiger partial charge in [0, 0.05) is 23.7 Å². The van der Waals surface area contributed by atoms with Gasteiger partial charge in [-0.05, 0) is 37.5 Å². The summed E-state index contributed by atoms with van der Waals surface area (Å²) in [5.41, 5.74) is 1.66. The SMILES string of the molecule is COC(=O)c1ccc(CNC(C)C2CCCO2)c(Br)c1. The number of rotatable bonds is 5. The van der Waals surface area contributed by atoms with Crippen LogP contribution in [-0.4, -0.2) is 31.8 Å². The first-order valence-electron chi connectivity index (χ1n) is 6.83. The molecule has 1 N–H and O–H groups in total. The van der Waals surface area contributed by atoms with Crippen molar-refractivity contribution in [3.8, 4) is 0 Å². The van der Waals surface area contributed by atoms with Crippen molar-refractivity contribution in [3.63, 3.8) is 0 Å². The molecule has 2 rings (SSSR count). The molecule has 5 heteroatoms. The van der Waals surface area contributed by atoms with Crippen LogP contribution in [0.2, 0.25) is 0 Å². The Hall–Kier alpha value is -0.910. The number of benzene rings is 1. The number of hydrogen-bond donors (Lipinski definition) is 1. The van der Waals surface area contributed by atoms with E-state index in [4.69, 9.17) is 9.47 Å². The van der Waals surface area contributed by atoms with Crippen molar-refractivity contribution >= 4 is 21.9 Å². The van der Waals surface area contributed by atoms with Crippen LogP contribution >= 0.6 is 15.9 Å². The van der Waals surface area contributed by atoms with Crippen LogP contribution in [0, 0.1) is 0 Å². The van der Waals surface area contributed by atoms with Crippen LogP contribution in [0.15, 0.2) is 22.7 Å². The number of ether oxygens (including phenoxy) is 2. The van der Waals surface area contributed by atoms with Crippen LogP contribution in [-0.2, 0) is 16.0 Å². The number of methoxy groups -OCH3 is 1. The van der Waals surface area contributed by atoms with Gasteiger partial charge in [0.1, 0.15) is 0 Å². The quantitative estimate of drug-likeness (QED) is 0.836. The van der Waals surface area contributed by atoms with E-state index in [1.54, 1.807) is 12.1 Å². The minimum absolute atomic E-state index is 0.308. The summed E-state index contributed by atoms with van der Waals surface area (Å²) in [5, 5.41) is 3.47. The van der Waals surface area contributed by atoms with Gasteiger partial charge in [0.2, 0.25) is 0 Å². The predicted octanol–water partition coefficient (Wildman–Crippen LogP) is 2.89. The Balaban J connectivity index is 1.94. The van der Waals surface area contributed by atoms with Crippen molar-refractivity contribution in [3.05, 3.63) is 33.8 Å². The smallest absolute Gasteiger partial charge is 0.337 e. The van der Waals surface area contributed by atoms with Gasteiger partial charge in [-0.25, -0.2) is 4.79 Å². The topological polar surface area (TPSA) is 47.6 Å². The number of esters is 1. The summed E-state index contributed by atoms with van der Waals surface area (Å²) in [6.45, 7) is 3.75. The van der Waals surface area contributed by atoms with Gasteiger partial charge in [-0.1, -0.05) is 22.0 Å². The first-order valence-corrected chi connectivity index (χ1v) is 7.63. The molecule has 0 amide bonds. The van der Waals surface area contributed by atoms with Crippen LogP contribution < -0.4 is 5.32 Å². The molecule has 2 unspecified atom stereocenters. The monoisotopic (exact) mass is 341 g/mol. The van der Waals surface area contributed by atoms with Crippen molar-refractivity contribution in [1.82, 2.24) is 5.32 Å². The molecule has 110 valence electrons. The fourth-order valence-electron chi connectivity index (χ4n) is 2.33. The Morgan fingerprint density at radius 1 is 1.60 bits per heavy atom. The summed E-state index contributed by atoms with van der Waals surface area (Å²) in [7, 11) is 1.38. The van der Waals surface area contributed by atoms with E-state index in [1.807, 2.05) is 6.07 Å². The maximum absolute atomic E-state index is 11.4. The van der Waals surface area contributed by atoms with Crippen molar-refractivity contribution in [2.24, 2.45) is 0 Å². The third-order valence-electron chi connectivity index (χ3n) is 3.61. The Morgan fingerprint density at radius 2 is 2.40 bits per heavy atom. The molecule has 0 saturated carbocycles. The number of nitrogens with one attached hydrogen (secondary N) is 1. The van der Waals surface area contributed by atoms with Gasteiger partial charge in [0.25, 0.3) is 0 Å². The van der Waals surface area contributed by atoms with Gasteiger partial charge in [0.05, 0.1) is 18.8 Å². The van der Waals surface area contributed by atoms with Crippen LogP contribution in [0.4, 0.5) is 0 Å². The summed E-state index contributed by atoms with van der Waals surface area (Å²) >= 11 is 3.50. The van der Waals surface area contributed by atoms with Crippen molar-refractivity contribution < 1.29 is 14.3 Å². The molecule has 20 heavy (non-hydrogen) atoms. The molecule has 0 bridgehead atoms. The van der Waals surface area contributed by atoms with Crippen molar-refractivity contribution in [2.75, 3.05) is 13.7 Å². The first-order chi connectivity index (χ1) is 9.61. The van der Waals surface area contributed by atoms with Crippen molar-refractivity contribution in [2.45, 2.75) is 38.5 Å². The zero-order chi connectivity index (χ0) is 14.5. The summed E-state index contributed by atoms with van der Waals surface area (Å²) in [4.78, 5) is 11.4. The summed E-state index contributed by atoms with van der Waals surface area (Å²) < 4.78 is 11.3. The molecule has 1 saturated heterocycles. The van der Waals surface area contributed by atoms with Gasteiger partial charge >= 0.3 is 5.97 Å². The van der Waals surface area contributed by atoms with E-state index in [-0.39, 0.29) is 5.97 Å². The summed E-state index contributed by atoms with van der Waals surface area (Å²) in [6, 6.07) is 5.83. The minimum Gasteiger partial charge on any atom is -0.465 e. The maximum atomic E-state index is 11.4. The molecule has 0 spiro atoms. The van der Waals surface area contributed by atoms with E-state index < -0.39 is 0 Å². The van der Waals surface area contributed by atoms with E-state index in [2.05, 4.69) is 28.2 Å². The third kappa shape index (κ3) is 3.81. The zero-order valence-electron chi connectivity index (χ0n) is 11.8. The number of hydrogen-bond acceptors (Lipinski definition) is 4. The molecular weight excluding hydrogens is 322 g/mol. The minimum atomic E-state index is -0.321. The first kappa shape index (κ1) is 15.5. The largest absolute Gasteiger partial charge is 0.465 e. The molecule has 0 aliphatic carbocycles. The lowest BCUT2D eigenvalue weighted by Gasteiger charge is -2.20. The van der Waals surface area contributed by atoms with Gasteiger partial charge in [0.15, 0.2) is 0 Å².